The summed E-state index contributed by atoms with van der Waals surface area (Å²) in [6.07, 6.45) is 1.29. The van der Waals surface area contributed by atoms with Gasteiger partial charge in [0.15, 0.2) is 4.77 Å². The molecule has 4 rings (SSSR count). The van der Waals surface area contributed by atoms with Crippen LogP contribution in [0.1, 0.15) is 5.56 Å². The lowest BCUT2D eigenvalue weighted by molar-refractivity contribution is 0.395. The first-order chi connectivity index (χ1) is 15.0. The second-order valence-electron chi connectivity index (χ2n) is 6.63. The molecule has 0 atom stereocenters. The molecule has 0 amide bonds. The molecule has 8 heteroatoms. The molecule has 7 nitrogen and oxygen atoms in total. The fraction of sp³-hybridized carbons (Fsp3) is 0.0870. The molecule has 31 heavy (non-hydrogen) atoms. The number of aromatic amines is 1. The predicted molar refractivity (Wildman–Crippen MR) is 123 cm³/mol. The highest BCUT2D eigenvalue weighted by Gasteiger charge is 2.15. The van der Waals surface area contributed by atoms with Crippen LogP contribution >= 0.6 is 12.2 Å². The van der Waals surface area contributed by atoms with Gasteiger partial charge in [-0.15, -0.1) is 0 Å². The van der Waals surface area contributed by atoms with E-state index in [2.05, 4.69) is 9.98 Å². The fourth-order valence-corrected chi connectivity index (χ4v) is 3.58. The highest BCUT2D eigenvalue weighted by molar-refractivity contribution is 7.71. The number of hydrogen-bond donors (Lipinski definition) is 2. The van der Waals surface area contributed by atoms with Crippen LogP contribution in [0.4, 0.5) is 5.69 Å². The van der Waals surface area contributed by atoms with Gasteiger partial charge in [0.2, 0.25) is 5.88 Å². The van der Waals surface area contributed by atoms with Crippen LogP contribution in [-0.4, -0.2) is 35.1 Å². The molecule has 0 fully saturated rings. The summed E-state index contributed by atoms with van der Waals surface area (Å²) in [5.41, 5.74) is 0.546. The van der Waals surface area contributed by atoms with Gasteiger partial charge in [-0.05, 0) is 35.8 Å². The van der Waals surface area contributed by atoms with Gasteiger partial charge in [-0.1, -0.05) is 36.4 Å². The fourth-order valence-electron chi connectivity index (χ4n) is 3.31. The molecule has 3 aromatic carbocycles. The number of benzene rings is 3. The number of aromatic nitrogens is 2. The van der Waals surface area contributed by atoms with Gasteiger partial charge in [0.05, 0.1) is 19.9 Å². The summed E-state index contributed by atoms with van der Waals surface area (Å²) < 4.78 is 12.0. The third kappa shape index (κ3) is 3.80. The SMILES string of the molecule is COc1ccc(N=Cc2c(O)n(-c3cccc4ccccc34)c(=S)[nH]c2=O)c(OC)c1. The lowest BCUT2D eigenvalue weighted by Crippen LogP contribution is -2.18. The van der Waals surface area contributed by atoms with Crippen LogP contribution in [0.5, 0.6) is 17.4 Å². The number of fused-ring (bicyclic) bond motifs is 1. The predicted octanol–water partition coefficient (Wildman–Crippen LogP) is 4.52. The number of rotatable bonds is 5. The number of methoxy groups -OCH3 is 2. The lowest BCUT2D eigenvalue weighted by atomic mass is 10.1. The Kier molecular flexibility index (Phi) is 5.55. The summed E-state index contributed by atoms with van der Waals surface area (Å²) in [7, 11) is 3.07. The van der Waals surface area contributed by atoms with E-state index in [4.69, 9.17) is 21.7 Å². The van der Waals surface area contributed by atoms with E-state index in [1.807, 2.05) is 42.5 Å². The van der Waals surface area contributed by atoms with Gasteiger partial charge in [0.1, 0.15) is 22.7 Å². The highest BCUT2D eigenvalue weighted by atomic mass is 32.1. The van der Waals surface area contributed by atoms with Crippen molar-refractivity contribution in [1.29, 1.82) is 0 Å². The van der Waals surface area contributed by atoms with Gasteiger partial charge in [0, 0.05) is 17.7 Å². The maximum Gasteiger partial charge on any atom is 0.264 e. The Labute approximate surface area is 182 Å². The van der Waals surface area contributed by atoms with Crippen LogP contribution < -0.4 is 15.0 Å². The molecule has 0 unspecified atom stereocenters. The van der Waals surface area contributed by atoms with E-state index < -0.39 is 5.56 Å². The van der Waals surface area contributed by atoms with Gasteiger partial charge in [0.25, 0.3) is 5.56 Å². The molecule has 1 heterocycles. The van der Waals surface area contributed by atoms with E-state index in [0.29, 0.717) is 22.9 Å². The third-order valence-electron chi connectivity index (χ3n) is 4.85. The van der Waals surface area contributed by atoms with Gasteiger partial charge in [-0.3, -0.25) is 19.3 Å². The van der Waals surface area contributed by atoms with E-state index >= 15 is 0 Å². The standard InChI is InChI=1S/C23H19N3O4S/c1-29-15-10-11-18(20(12-15)30-2)24-13-17-21(27)25-23(31)26(22(17)28)19-9-5-7-14-6-3-4-8-16(14)19/h3-13,28H,1-2H3,(H,25,27,31). The number of ether oxygens (including phenoxy) is 2. The topological polar surface area (TPSA) is 88.8 Å². The van der Waals surface area contributed by atoms with Crippen molar-refractivity contribution in [1.82, 2.24) is 9.55 Å². The molecule has 0 aliphatic heterocycles. The Morgan fingerprint density at radius 2 is 1.84 bits per heavy atom. The first kappa shape index (κ1) is 20.4. The van der Waals surface area contributed by atoms with Crippen LogP contribution in [0, 0.1) is 4.77 Å². The summed E-state index contributed by atoms with van der Waals surface area (Å²) in [6.45, 7) is 0. The zero-order chi connectivity index (χ0) is 22.0. The van der Waals surface area contributed by atoms with Crippen LogP contribution in [0.25, 0.3) is 16.5 Å². The minimum Gasteiger partial charge on any atom is -0.497 e. The molecule has 0 saturated heterocycles. The average Bonchev–Trinajstić information content (AvgIpc) is 2.79. The summed E-state index contributed by atoms with van der Waals surface area (Å²) in [5.74, 6) is 0.774. The van der Waals surface area contributed by atoms with Crippen molar-refractivity contribution in [3.8, 4) is 23.1 Å². The molecular weight excluding hydrogens is 414 g/mol. The number of H-pyrrole nitrogens is 1. The van der Waals surface area contributed by atoms with E-state index in [1.165, 1.54) is 17.9 Å². The van der Waals surface area contributed by atoms with Crippen molar-refractivity contribution < 1.29 is 14.6 Å². The minimum atomic E-state index is -0.546. The molecule has 0 bridgehead atoms. The van der Waals surface area contributed by atoms with E-state index in [9.17, 15) is 9.90 Å². The molecule has 1 aromatic heterocycles. The molecular formula is C23H19N3O4S. The van der Waals surface area contributed by atoms with Gasteiger partial charge >= 0.3 is 0 Å². The van der Waals surface area contributed by atoms with Crippen molar-refractivity contribution in [2.75, 3.05) is 14.2 Å². The summed E-state index contributed by atoms with van der Waals surface area (Å²) in [6, 6.07) is 18.5. The summed E-state index contributed by atoms with van der Waals surface area (Å²) in [5, 5.41) is 12.8. The molecule has 0 spiro atoms. The quantitative estimate of drug-likeness (QED) is 0.357. The summed E-state index contributed by atoms with van der Waals surface area (Å²) in [4.78, 5) is 19.5. The Balaban J connectivity index is 1.87. The smallest absolute Gasteiger partial charge is 0.264 e. The molecule has 0 aliphatic rings. The largest absolute Gasteiger partial charge is 0.497 e. The van der Waals surface area contributed by atoms with Crippen LogP contribution in [0.2, 0.25) is 0 Å². The Bertz CT molecular complexity index is 1420. The maximum atomic E-state index is 12.5. The Morgan fingerprint density at radius 3 is 2.61 bits per heavy atom. The third-order valence-corrected chi connectivity index (χ3v) is 5.13. The van der Waals surface area contributed by atoms with Crippen molar-refractivity contribution in [2.45, 2.75) is 0 Å². The zero-order valence-electron chi connectivity index (χ0n) is 16.8. The zero-order valence-corrected chi connectivity index (χ0v) is 17.6. The first-order valence-electron chi connectivity index (χ1n) is 9.36. The molecule has 0 radical (unpaired) electrons. The highest BCUT2D eigenvalue weighted by Crippen LogP contribution is 2.32. The van der Waals surface area contributed by atoms with Crippen molar-refractivity contribution in [3.05, 3.63) is 81.4 Å². The molecule has 0 saturated carbocycles. The summed E-state index contributed by atoms with van der Waals surface area (Å²) >= 11 is 5.35. The Hall–Kier alpha value is -3.91. The second kappa shape index (κ2) is 8.45. The number of nitrogens with zero attached hydrogens (tertiary/aromatic N) is 2. The van der Waals surface area contributed by atoms with Gasteiger partial charge in [-0.2, -0.15) is 0 Å². The van der Waals surface area contributed by atoms with Crippen LogP contribution in [0.15, 0.2) is 70.5 Å². The van der Waals surface area contributed by atoms with Crippen molar-refractivity contribution in [3.63, 3.8) is 0 Å². The molecule has 156 valence electrons. The number of aliphatic imine (C=N–C) groups is 1. The Morgan fingerprint density at radius 1 is 1.06 bits per heavy atom. The lowest BCUT2D eigenvalue weighted by Gasteiger charge is -2.13. The van der Waals surface area contributed by atoms with Gasteiger partial charge < -0.3 is 14.6 Å². The normalized spacial score (nSPS) is 11.2. The monoisotopic (exact) mass is 433 g/mol. The van der Waals surface area contributed by atoms with E-state index in [1.54, 1.807) is 25.3 Å². The van der Waals surface area contributed by atoms with Gasteiger partial charge in [-0.25, -0.2) is 0 Å². The first-order valence-corrected chi connectivity index (χ1v) is 9.77. The number of nitrogens with one attached hydrogen (secondary N) is 1. The molecule has 0 aliphatic carbocycles. The number of hydrogen-bond acceptors (Lipinski definition) is 6. The van der Waals surface area contributed by atoms with Crippen molar-refractivity contribution in [2.24, 2.45) is 4.99 Å². The average molecular weight is 433 g/mol. The minimum absolute atomic E-state index is 0.0283. The van der Waals surface area contributed by atoms with E-state index in [0.717, 1.165) is 10.8 Å². The molecule has 2 N–H and O–H groups in total. The van der Waals surface area contributed by atoms with Crippen LogP contribution in [-0.2, 0) is 0 Å². The number of aromatic hydroxyl groups is 1. The molecule has 4 aromatic rings. The van der Waals surface area contributed by atoms with Crippen LogP contribution in [0.3, 0.4) is 0 Å². The maximum absolute atomic E-state index is 12.5. The second-order valence-corrected chi connectivity index (χ2v) is 7.01. The van der Waals surface area contributed by atoms with E-state index in [-0.39, 0.29) is 16.2 Å². The van der Waals surface area contributed by atoms with Crippen molar-refractivity contribution >= 4 is 34.9 Å².